The molecule has 0 bridgehead atoms. The maximum absolute atomic E-state index is 12.6. The lowest BCUT2D eigenvalue weighted by Gasteiger charge is -2.40. The van der Waals surface area contributed by atoms with E-state index >= 15 is 0 Å². The van der Waals surface area contributed by atoms with Gasteiger partial charge in [0.05, 0.1) is 11.5 Å². The maximum Gasteiger partial charge on any atom is 0.411 e. The van der Waals surface area contributed by atoms with Crippen LogP contribution in [0.3, 0.4) is 0 Å². The molecule has 1 fully saturated rings. The number of carboxylic acids is 1. The highest BCUT2D eigenvalue weighted by molar-refractivity contribution is 5.84. The van der Waals surface area contributed by atoms with E-state index in [-0.39, 0.29) is 11.8 Å². The molecule has 5 nitrogen and oxygen atoms in total. The van der Waals surface area contributed by atoms with E-state index in [9.17, 15) is 14.7 Å². The molecule has 5 heteroatoms. The van der Waals surface area contributed by atoms with Gasteiger partial charge in [0.25, 0.3) is 0 Å². The molecule has 0 unspecified atom stereocenters. The first-order valence-electron chi connectivity index (χ1n) is 9.17. The second-order valence-electron chi connectivity index (χ2n) is 9.18. The van der Waals surface area contributed by atoms with Gasteiger partial charge in [0.1, 0.15) is 5.60 Å². The number of benzene rings is 1. The van der Waals surface area contributed by atoms with Crippen LogP contribution in [0.5, 0.6) is 0 Å². The molecular weight excluding hydrogens is 330 g/mol. The molecule has 0 N–H and O–H groups in total. The van der Waals surface area contributed by atoms with E-state index in [2.05, 4.69) is 20.8 Å². The topological polar surface area (TPSA) is 69.7 Å². The molecule has 1 saturated heterocycles. The Labute approximate surface area is 156 Å². The highest BCUT2D eigenvalue weighted by Crippen LogP contribution is 2.34. The number of carbonyl (C=O) groups excluding carboxylic acids is 2. The Balaban J connectivity index is 2.29. The van der Waals surface area contributed by atoms with Crippen LogP contribution in [0.15, 0.2) is 24.3 Å². The van der Waals surface area contributed by atoms with Gasteiger partial charge in [-0.15, -0.1) is 0 Å². The number of amides is 1. The van der Waals surface area contributed by atoms with Crippen LogP contribution >= 0.6 is 0 Å². The van der Waals surface area contributed by atoms with Crippen molar-refractivity contribution in [1.29, 1.82) is 0 Å². The van der Waals surface area contributed by atoms with Gasteiger partial charge in [0.2, 0.25) is 0 Å². The summed E-state index contributed by atoms with van der Waals surface area (Å²) >= 11 is 0. The van der Waals surface area contributed by atoms with Crippen molar-refractivity contribution in [2.24, 2.45) is 0 Å². The SMILES string of the molecule is CC(C)(C)OC(=O)N1CCC[C@]1(Cc1ccc(C(C)(C)C)cc1)C(=O)[O-]. The monoisotopic (exact) mass is 360 g/mol. The molecule has 0 spiro atoms. The van der Waals surface area contributed by atoms with Crippen LogP contribution in [0.1, 0.15) is 65.5 Å². The minimum Gasteiger partial charge on any atom is -0.548 e. The molecule has 1 aromatic rings. The van der Waals surface area contributed by atoms with Crippen LogP contribution in [0.4, 0.5) is 4.79 Å². The van der Waals surface area contributed by atoms with Crippen LogP contribution in [-0.2, 0) is 21.4 Å². The van der Waals surface area contributed by atoms with Crippen molar-refractivity contribution in [3.8, 4) is 0 Å². The third-order valence-corrected chi connectivity index (χ3v) is 4.80. The molecule has 2 rings (SSSR count). The summed E-state index contributed by atoms with van der Waals surface area (Å²) in [6.07, 6.45) is 0.618. The van der Waals surface area contributed by atoms with Crippen molar-refractivity contribution < 1.29 is 19.4 Å². The molecule has 1 aliphatic heterocycles. The summed E-state index contributed by atoms with van der Waals surface area (Å²) in [4.78, 5) is 26.0. The fourth-order valence-electron chi connectivity index (χ4n) is 3.39. The lowest BCUT2D eigenvalue weighted by molar-refractivity contribution is -0.317. The summed E-state index contributed by atoms with van der Waals surface area (Å²) in [5.74, 6) is -1.22. The largest absolute Gasteiger partial charge is 0.548 e. The molecule has 1 heterocycles. The Morgan fingerprint density at radius 2 is 1.69 bits per heavy atom. The second kappa shape index (κ2) is 6.93. The minimum absolute atomic E-state index is 0.0283. The van der Waals surface area contributed by atoms with Gasteiger partial charge in [-0.25, -0.2) is 4.79 Å². The van der Waals surface area contributed by atoms with E-state index in [1.54, 1.807) is 20.8 Å². The second-order valence-corrected chi connectivity index (χ2v) is 9.18. The smallest absolute Gasteiger partial charge is 0.411 e. The van der Waals surface area contributed by atoms with Gasteiger partial charge in [-0.05, 0) is 50.2 Å². The summed E-state index contributed by atoms with van der Waals surface area (Å²) in [6.45, 7) is 12.1. The van der Waals surface area contributed by atoms with E-state index in [4.69, 9.17) is 4.74 Å². The molecule has 1 atom stereocenters. The Kier molecular flexibility index (Phi) is 5.41. The number of carbonyl (C=O) groups is 2. The minimum atomic E-state index is -1.36. The molecule has 1 aliphatic rings. The lowest BCUT2D eigenvalue weighted by atomic mass is 9.84. The highest BCUT2D eigenvalue weighted by atomic mass is 16.6. The zero-order valence-electron chi connectivity index (χ0n) is 16.7. The van der Waals surface area contributed by atoms with Crippen LogP contribution in [-0.4, -0.2) is 34.6 Å². The van der Waals surface area contributed by atoms with Crippen LogP contribution in [0.25, 0.3) is 0 Å². The summed E-state index contributed by atoms with van der Waals surface area (Å²) in [5.41, 5.74) is 0.0504. The van der Waals surface area contributed by atoms with Crippen LogP contribution in [0.2, 0.25) is 0 Å². The predicted octanol–water partition coefficient (Wildman–Crippen LogP) is 3.05. The Morgan fingerprint density at radius 1 is 1.12 bits per heavy atom. The van der Waals surface area contributed by atoms with Gasteiger partial charge in [-0.3, -0.25) is 4.90 Å². The summed E-state index contributed by atoms with van der Waals surface area (Å²) < 4.78 is 5.42. The molecular formula is C21H30NO4-. The normalized spacial score (nSPS) is 20.9. The first-order valence-corrected chi connectivity index (χ1v) is 9.17. The van der Waals surface area contributed by atoms with Gasteiger partial charge < -0.3 is 14.6 Å². The average Bonchev–Trinajstić information content (AvgIpc) is 2.90. The zero-order chi connectivity index (χ0) is 19.8. The van der Waals surface area contributed by atoms with E-state index < -0.39 is 23.2 Å². The van der Waals surface area contributed by atoms with Crippen molar-refractivity contribution in [2.75, 3.05) is 6.54 Å². The molecule has 0 aromatic heterocycles. The summed E-state index contributed by atoms with van der Waals surface area (Å²) in [5, 5.41) is 12.1. The number of ether oxygens (including phenoxy) is 1. The molecule has 26 heavy (non-hydrogen) atoms. The molecule has 1 amide bonds. The predicted molar refractivity (Wildman–Crippen MR) is 98.8 cm³/mol. The van der Waals surface area contributed by atoms with E-state index in [1.807, 2.05) is 24.3 Å². The molecule has 0 saturated carbocycles. The van der Waals surface area contributed by atoms with Crippen LogP contribution in [0, 0.1) is 0 Å². The van der Waals surface area contributed by atoms with Gasteiger partial charge in [0, 0.05) is 13.0 Å². The average molecular weight is 360 g/mol. The van der Waals surface area contributed by atoms with Crippen molar-refractivity contribution in [3.05, 3.63) is 35.4 Å². The third kappa shape index (κ3) is 4.37. The van der Waals surface area contributed by atoms with Crippen molar-refractivity contribution >= 4 is 12.1 Å². The highest BCUT2D eigenvalue weighted by Gasteiger charge is 2.46. The van der Waals surface area contributed by atoms with Gasteiger partial charge in [0.15, 0.2) is 0 Å². The fourth-order valence-corrected chi connectivity index (χ4v) is 3.39. The first-order chi connectivity index (χ1) is 11.8. The maximum atomic E-state index is 12.6. The quantitative estimate of drug-likeness (QED) is 0.831. The molecule has 144 valence electrons. The Bertz CT molecular complexity index is 667. The molecule has 0 radical (unpaired) electrons. The van der Waals surface area contributed by atoms with Crippen molar-refractivity contribution in [3.63, 3.8) is 0 Å². The summed E-state index contributed by atoms with van der Waals surface area (Å²) in [7, 11) is 0. The summed E-state index contributed by atoms with van der Waals surface area (Å²) in [6, 6.07) is 7.92. The molecule has 0 aliphatic carbocycles. The standard InChI is InChI=1S/C21H31NO4/c1-19(2,3)16-10-8-15(9-11-16)14-21(17(23)24)12-7-13-22(21)18(25)26-20(4,5)6/h8-11H,7,12-14H2,1-6H3,(H,23,24)/p-1/t21-/m0/s1. The molecule has 1 aromatic carbocycles. The first kappa shape index (κ1) is 20.3. The van der Waals surface area contributed by atoms with E-state index in [1.165, 1.54) is 10.5 Å². The number of rotatable bonds is 3. The van der Waals surface area contributed by atoms with Gasteiger partial charge in [-0.2, -0.15) is 0 Å². The van der Waals surface area contributed by atoms with Crippen molar-refractivity contribution in [2.45, 2.75) is 77.4 Å². The third-order valence-electron chi connectivity index (χ3n) is 4.80. The Morgan fingerprint density at radius 3 is 2.15 bits per heavy atom. The van der Waals surface area contributed by atoms with Gasteiger partial charge >= 0.3 is 6.09 Å². The number of carboxylic acid groups (broad SMARTS) is 1. The van der Waals surface area contributed by atoms with E-state index in [0.717, 1.165) is 5.56 Å². The lowest BCUT2D eigenvalue weighted by Crippen LogP contribution is -2.60. The number of hydrogen-bond acceptors (Lipinski definition) is 4. The number of nitrogens with zero attached hydrogens (tertiary/aromatic N) is 1. The van der Waals surface area contributed by atoms with Crippen molar-refractivity contribution in [1.82, 2.24) is 4.90 Å². The zero-order valence-corrected chi connectivity index (χ0v) is 16.7. The fraction of sp³-hybridized carbons (Fsp3) is 0.619. The Hall–Kier alpha value is -2.04. The number of aliphatic carboxylic acids is 1. The number of likely N-dealkylation sites (tertiary alicyclic amines) is 1. The number of hydrogen-bond donors (Lipinski definition) is 0. The van der Waals surface area contributed by atoms with E-state index in [0.29, 0.717) is 19.4 Å². The van der Waals surface area contributed by atoms with Gasteiger partial charge in [-0.1, -0.05) is 45.0 Å². The van der Waals surface area contributed by atoms with Crippen LogP contribution < -0.4 is 5.11 Å².